The zero-order valence-corrected chi connectivity index (χ0v) is 8.67. The first kappa shape index (κ1) is 14.0. The summed E-state index contributed by atoms with van der Waals surface area (Å²) in [6, 6.07) is 0. The average Bonchev–Trinajstić information content (AvgIpc) is 2.05. The maximum atomic E-state index is 10.3. The van der Waals surface area contributed by atoms with Crippen LogP contribution in [-0.4, -0.2) is 11.1 Å². The molecule has 12 heavy (non-hydrogen) atoms. The minimum Gasteiger partial charge on any atom is -0.349 e. The highest BCUT2D eigenvalue weighted by atomic mass is 31.2. The van der Waals surface area contributed by atoms with Gasteiger partial charge in [-0.15, -0.1) is 5.26 Å². The van der Waals surface area contributed by atoms with Crippen LogP contribution in [0.4, 0.5) is 0 Å². The molecule has 0 bridgehead atoms. The van der Waals surface area contributed by atoms with Crippen LogP contribution in [0.25, 0.3) is 0 Å². The summed E-state index contributed by atoms with van der Waals surface area (Å²) in [5.41, 5.74) is 0. The molecule has 0 aromatic carbocycles. The Bertz CT molecular complexity index is 174. The van der Waals surface area contributed by atoms with E-state index in [1.807, 2.05) is 0 Å². The summed E-state index contributed by atoms with van der Waals surface area (Å²) in [5, 5.41) is 7.73. The first-order valence-corrected chi connectivity index (χ1v) is 5.69. The van der Waals surface area contributed by atoms with E-state index in [1.165, 1.54) is 19.8 Å². The van der Waals surface area contributed by atoms with Crippen molar-refractivity contribution in [2.24, 2.45) is 0 Å². The third-order valence-corrected chi connectivity index (χ3v) is 2.25. The normalized spacial score (nSPS) is 13.2. The van der Waals surface area contributed by atoms with Gasteiger partial charge in [0.1, 0.15) is 0 Å². The number of hydrogen-bond acceptors (Lipinski definition) is 3. The monoisotopic (exact) mass is 193 g/mol. The second kappa shape index (κ2) is 8.58. The van der Waals surface area contributed by atoms with Gasteiger partial charge in [0.25, 0.3) is 6.26 Å². The van der Waals surface area contributed by atoms with Crippen molar-refractivity contribution in [2.45, 2.75) is 33.6 Å². The molecule has 0 spiro atoms. The van der Waals surface area contributed by atoms with Crippen molar-refractivity contribution < 1.29 is 14.0 Å². The molecule has 0 aliphatic rings. The van der Waals surface area contributed by atoms with Crippen LogP contribution in [-0.2, 0) is 9.09 Å². The predicted molar refractivity (Wildman–Crippen MR) is 47.6 cm³/mol. The second-order valence-corrected chi connectivity index (χ2v) is 4.23. The highest BCUT2D eigenvalue weighted by Crippen LogP contribution is 2.40. The molecule has 0 amide bonds. The standard InChI is InChI=1S/C4H10.C3H6NO3P/c1-3-4-2;1-2-8(5,6)7-3-4/h3-4H2,1-2H3;2H2,1H3,(H,5,6). The lowest BCUT2D eigenvalue weighted by Crippen LogP contribution is -1.83. The smallest absolute Gasteiger partial charge is 0.349 e. The molecule has 0 rings (SSSR count). The molecular formula is C7H16NO3P. The van der Waals surface area contributed by atoms with Gasteiger partial charge >= 0.3 is 7.60 Å². The van der Waals surface area contributed by atoms with Crippen LogP contribution < -0.4 is 0 Å². The van der Waals surface area contributed by atoms with Crippen LogP contribution in [0.1, 0.15) is 33.6 Å². The summed E-state index contributed by atoms with van der Waals surface area (Å²) in [5.74, 6) is 0. The third kappa shape index (κ3) is 12.2. The average molecular weight is 193 g/mol. The number of nitrogens with zero attached hydrogens (tertiary/aromatic N) is 1. The van der Waals surface area contributed by atoms with Gasteiger partial charge in [0, 0.05) is 0 Å². The minimum absolute atomic E-state index is 0.0272. The molecule has 0 aliphatic heterocycles. The second-order valence-electron chi connectivity index (χ2n) is 2.14. The van der Waals surface area contributed by atoms with Crippen LogP contribution in [0, 0.1) is 11.5 Å². The van der Waals surface area contributed by atoms with E-state index in [9.17, 15) is 4.57 Å². The molecule has 1 unspecified atom stereocenters. The fourth-order valence-electron chi connectivity index (χ4n) is 0.128. The number of nitriles is 1. The first-order chi connectivity index (χ1) is 5.54. The number of unbranched alkanes of at least 4 members (excludes halogenated alkanes) is 1. The summed E-state index contributed by atoms with van der Waals surface area (Å²) in [7, 11) is -3.53. The first-order valence-electron chi connectivity index (χ1n) is 3.93. The van der Waals surface area contributed by atoms with Crippen LogP contribution in [0.2, 0.25) is 0 Å². The molecule has 0 saturated carbocycles. The van der Waals surface area contributed by atoms with Gasteiger partial charge in [-0.2, -0.15) is 0 Å². The molecule has 72 valence electrons. The molecule has 0 saturated heterocycles. The van der Waals surface area contributed by atoms with E-state index in [2.05, 4.69) is 18.4 Å². The maximum Gasteiger partial charge on any atom is 0.385 e. The van der Waals surface area contributed by atoms with E-state index in [0.717, 1.165) is 6.26 Å². The van der Waals surface area contributed by atoms with Gasteiger partial charge in [-0.3, -0.25) is 0 Å². The predicted octanol–water partition coefficient (Wildman–Crippen LogP) is 2.50. The Hall–Kier alpha value is -0.520. The lowest BCUT2D eigenvalue weighted by atomic mass is 10.4. The van der Waals surface area contributed by atoms with Crippen LogP contribution in [0.15, 0.2) is 0 Å². The Morgan fingerprint density at radius 1 is 1.42 bits per heavy atom. The Morgan fingerprint density at radius 2 is 1.83 bits per heavy atom. The summed E-state index contributed by atoms with van der Waals surface area (Å²) >= 11 is 0. The van der Waals surface area contributed by atoms with Gasteiger partial charge in [-0.1, -0.05) is 33.6 Å². The Kier molecular flexibility index (Phi) is 10.0. The molecule has 0 aromatic heterocycles. The highest BCUT2D eigenvalue weighted by Gasteiger charge is 2.14. The summed E-state index contributed by atoms with van der Waals surface area (Å²) in [4.78, 5) is 8.43. The fourth-order valence-corrected chi connectivity index (χ4v) is 0.385. The Morgan fingerprint density at radius 3 is 1.92 bits per heavy atom. The van der Waals surface area contributed by atoms with E-state index in [4.69, 9.17) is 10.2 Å². The molecule has 1 N–H and O–H groups in total. The highest BCUT2D eigenvalue weighted by molar-refractivity contribution is 7.52. The summed E-state index contributed by atoms with van der Waals surface area (Å²) in [6.07, 6.45) is 3.76. The molecule has 0 fully saturated rings. The maximum absolute atomic E-state index is 10.3. The number of hydrogen-bond donors (Lipinski definition) is 1. The SMILES string of the molecule is CCCC.CCP(=O)(O)OC#N. The molecular weight excluding hydrogens is 177 g/mol. The van der Waals surface area contributed by atoms with Crippen molar-refractivity contribution in [3.8, 4) is 6.26 Å². The molecule has 4 nitrogen and oxygen atoms in total. The lowest BCUT2D eigenvalue weighted by Gasteiger charge is -1.99. The van der Waals surface area contributed by atoms with Crippen LogP contribution >= 0.6 is 7.60 Å². The van der Waals surface area contributed by atoms with Crippen molar-refractivity contribution in [1.82, 2.24) is 0 Å². The van der Waals surface area contributed by atoms with Crippen molar-refractivity contribution in [3.63, 3.8) is 0 Å². The Balaban J connectivity index is 0. The van der Waals surface area contributed by atoms with E-state index >= 15 is 0 Å². The molecule has 5 heteroatoms. The largest absolute Gasteiger partial charge is 0.385 e. The van der Waals surface area contributed by atoms with E-state index in [1.54, 1.807) is 0 Å². The molecule has 0 heterocycles. The Labute approximate surface area is 73.7 Å². The zero-order valence-electron chi connectivity index (χ0n) is 7.78. The summed E-state index contributed by atoms with van der Waals surface area (Å²) in [6.45, 7) is 5.83. The zero-order chi connectivity index (χ0) is 10.0. The van der Waals surface area contributed by atoms with Crippen molar-refractivity contribution in [3.05, 3.63) is 0 Å². The van der Waals surface area contributed by atoms with Gasteiger partial charge in [0.05, 0.1) is 6.16 Å². The van der Waals surface area contributed by atoms with E-state index in [0.29, 0.717) is 0 Å². The van der Waals surface area contributed by atoms with E-state index in [-0.39, 0.29) is 6.16 Å². The summed E-state index contributed by atoms with van der Waals surface area (Å²) < 4.78 is 14.1. The quantitative estimate of drug-likeness (QED) is 0.552. The van der Waals surface area contributed by atoms with Crippen LogP contribution in [0.5, 0.6) is 0 Å². The van der Waals surface area contributed by atoms with Gasteiger partial charge in [0.15, 0.2) is 0 Å². The molecule has 0 aromatic rings. The van der Waals surface area contributed by atoms with Crippen LogP contribution in [0.3, 0.4) is 0 Å². The fraction of sp³-hybridized carbons (Fsp3) is 0.857. The van der Waals surface area contributed by atoms with Gasteiger partial charge in [-0.25, -0.2) is 4.57 Å². The van der Waals surface area contributed by atoms with Crippen molar-refractivity contribution >= 4 is 7.60 Å². The van der Waals surface area contributed by atoms with Gasteiger partial charge in [-0.05, 0) is 0 Å². The number of rotatable bonds is 3. The van der Waals surface area contributed by atoms with Crippen molar-refractivity contribution in [2.75, 3.05) is 6.16 Å². The van der Waals surface area contributed by atoms with Crippen molar-refractivity contribution in [1.29, 1.82) is 5.26 Å². The molecule has 0 aliphatic carbocycles. The van der Waals surface area contributed by atoms with Gasteiger partial charge < -0.3 is 9.42 Å². The molecule has 1 atom stereocenters. The molecule has 0 radical (unpaired) electrons. The topological polar surface area (TPSA) is 70.3 Å². The van der Waals surface area contributed by atoms with Gasteiger partial charge in [0.2, 0.25) is 0 Å². The van der Waals surface area contributed by atoms with E-state index < -0.39 is 7.60 Å². The lowest BCUT2D eigenvalue weighted by molar-refractivity contribution is 0.360. The minimum atomic E-state index is -3.53. The third-order valence-electron chi connectivity index (χ3n) is 1.08.